The summed E-state index contributed by atoms with van der Waals surface area (Å²) in [4.78, 5) is 22.5. The van der Waals surface area contributed by atoms with Crippen LogP contribution < -0.4 is 4.57 Å². The first-order chi connectivity index (χ1) is 13.5. The van der Waals surface area contributed by atoms with Crippen LogP contribution in [0.5, 0.6) is 0 Å². The third-order valence-electron chi connectivity index (χ3n) is 4.26. The van der Waals surface area contributed by atoms with Crippen LogP contribution in [0.3, 0.4) is 0 Å². The first kappa shape index (κ1) is 19.0. The van der Waals surface area contributed by atoms with Crippen molar-refractivity contribution < 1.29 is 24.0 Å². The smallest absolute Gasteiger partial charge is 0.337 e. The van der Waals surface area contributed by atoms with Crippen LogP contribution in [0.1, 0.15) is 37.4 Å². The second-order valence-electron chi connectivity index (χ2n) is 6.26. The molecule has 2 aromatic carbocycles. The molecule has 0 radical (unpaired) electrons. The van der Waals surface area contributed by atoms with Gasteiger partial charge in [0.05, 0.1) is 18.2 Å². The Bertz CT molecular complexity index is 1010. The van der Waals surface area contributed by atoms with Crippen molar-refractivity contribution in [2.24, 2.45) is 0 Å². The number of hydrogen-bond donors (Lipinski definition) is 1. The molecule has 5 nitrogen and oxygen atoms in total. The molecule has 1 aromatic heterocycles. The van der Waals surface area contributed by atoms with Crippen LogP contribution in [-0.2, 0) is 11.3 Å². The maximum atomic E-state index is 11.4. The number of benzene rings is 2. The largest absolute Gasteiger partial charge is 0.478 e. The number of rotatable bonds is 6. The van der Waals surface area contributed by atoms with Crippen molar-refractivity contribution >= 4 is 24.1 Å². The van der Waals surface area contributed by atoms with Gasteiger partial charge >= 0.3 is 11.9 Å². The minimum Gasteiger partial charge on any atom is -0.478 e. The molecule has 0 atom stereocenters. The van der Waals surface area contributed by atoms with Crippen molar-refractivity contribution in [3.8, 4) is 0 Å². The number of methoxy groups -OCH3 is 1. The molecule has 0 bridgehead atoms. The topological polar surface area (TPSA) is 67.5 Å². The highest BCUT2D eigenvalue weighted by Crippen LogP contribution is 2.10. The lowest BCUT2D eigenvalue weighted by Crippen LogP contribution is -2.33. The van der Waals surface area contributed by atoms with E-state index in [1.807, 2.05) is 59.4 Å². The van der Waals surface area contributed by atoms with Crippen LogP contribution in [0.4, 0.5) is 0 Å². The Morgan fingerprint density at radius 1 is 0.929 bits per heavy atom. The zero-order chi connectivity index (χ0) is 19.9. The van der Waals surface area contributed by atoms with E-state index in [0.29, 0.717) is 12.1 Å². The van der Waals surface area contributed by atoms with E-state index in [4.69, 9.17) is 5.11 Å². The predicted molar refractivity (Wildman–Crippen MR) is 106 cm³/mol. The predicted octanol–water partition coefficient (Wildman–Crippen LogP) is 3.68. The van der Waals surface area contributed by atoms with Gasteiger partial charge in [0.1, 0.15) is 0 Å². The van der Waals surface area contributed by atoms with Gasteiger partial charge in [-0.05, 0) is 35.4 Å². The van der Waals surface area contributed by atoms with E-state index in [0.717, 1.165) is 16.7 Å². The Morgan fingerprint density at radius 3 is 2.18 bits per heavy atom. The molecule has 140 valence electrons. The molecule has 3 rings (SSSR count). The highest BCUT2D eigenvalue weighted by Gasteiger charge is 2.07. The third-order valence-corrected chi connectivity index (χ3v) is 4.26. The van der Waals surface area contributed by atoms with Gasteiger partial charge in [-0.1, -0.05) is 36.4 Å². The Kier molecular flexibility index (Phi) is 5.97. The summed E-state index contributed by atoms with van der Waals surface area (Å²) in [6, 6.07) is 18.1. The van der Waals surface area contributed by atoms with Crippen molar-refractivity contribution in [2.45, 2.75) is 6.54 Å². The molecule has 0 saturated heterocycles. The van der Waals surface area contributed by atoms with E-state index in [9.17, 15) is 9.59 Å². The number of nitrogens with zero attached hydrogens (tertiary/aromatic N) is 1. The normalized spacial score (nSPS) is 10.8. The molecule has 0 unspecified atom stereocenters. The molecule has 0 aliphatic rings. The SMILES string of the molecule is COC(=O)c1ccc(/C=C\c2cc[n+](Cc3cccc(C(=O)O)c3)cc2)cc1. The fraction of sp³-hybridized carbons (Fsp3) is 0.0870. The zero-order valence-electron chi connectivity index (χ0n) is 15.4. The summed E-state index contributed by atoms with van der Waals surface area (Å²) >= 11 is 0. The first-order valence-electron chi connectivity index (χ1n) is 8.73. The molecular formula is C23H20NO4+. The quantitative estimate of drug-likeness (QED) is 0.528. The lowest BCUT2D eigenvalue weighted by Gasteiger charge is -2.01. The van der Waals surface area contributed by atoms with Gasteiger partial charge < -0.3 is 9.84 Å². The molecule has 0 spiro atoms. The number of pyridine rings is 1. The zero-order valence-corrected chi connectivity index (χ0v) is 15.4. The number of carbonyl (C=O) groups excluding carboxylic acids is 1. The van der Waals surface area contributed by atoms with Gasteiger partial charge in [0.2, 0.25) is 0 Å². The fourth-order valence-electron chi connectivity index (χ4n) is 2.74. The van der Waals surface area contributed by atoms with E-state index in [-0.39, 0.29) is 11.5 Å². The minimum absolute atomic E-state index is 0.288. The monoisotopic (exact) mass is 374 g/mol. The second-order valence-corrected chi connectivity index (χ2v) is 6.26. The minimum atomic E-state index is -0.924. The number of ether oxygens (including phenoxy) is 1. The molecule has 1 N–H and O–H groups in total. The van der Waals surface area contributed by atoms with Crippen molar-refractivity contribution in [2.75, 3.05) is 7.11 Å². The number of aromatic carboxylic acids is 1. The Balaban J connectivity index is 1.65. The van der Waals surface area contributed by atoms with Gasteiger partial charge in [-0.25, -0.2) is 14.2 Å². The van der Waals surface area contributed by atoms with Crippen LogP contribution in [0.25, 0.3) is 12.2 Å². The molecule has 0 aliphatic carbocycles. The molecule has 28 heavy (non-hydrogen) atoms. The highest BCUT2D eigenvalue weighted by molar-refractivity contribution is 5.89. The molecule has 1 heterocycles. The summed E-state index contributed by atoms with van der Waals surface area (Å²) in [5.74, 6) is -1.27. The van der Waals surface area contributed by atoms with E-state index >= 15 is 0 Å². The van der Waals surface area contributed by atoms with Gasteiger partial charge in [0, 0.05) is 17.7 Å². The van der Waals surface area contributed by atoms with Crippen LogP contribution in [-0.4, -0.2) is 24.2 Å². The molecule has 0 amide bonds. The Labute approximate surface area is 163 Å². The van der Waals surface area contributed by atoms with Crippen molar-refractivity contribution in [3.05, 3.63) is 101 Å². The molecule has 0 fully saturated rings. The van der Waals surface area contributed by atoms with Gasteiger partial charge in [-0.3, -0.25) is 0 Å². The Hall–Kier alpha value is -3.73. The van der Waals surface area contributed by atoms with Crippen molar-refractivity contribution in [1.82, 2.24) is 0 Å². The fourth-order valence-corrected chi connectivity index (χ4v) is 2.74. The number of carboxylic acid groups (broad SMARTS) is 1. The molecule has 3 aromatic rings. The van der Waals surface area contributed by atoms with Crippen molar-refractivity contribution in [1.29, 1.82) is 0 Å². The second kappa shape index (κ2) is 8.77. The summed E-state index contributed by atoms with van der Waals surface area (Å²) in [6.07, 6.45) is 7.86. The van der Waals surface area contributed by atoms with Crippen molar-refractivity contribution in [3.63, 3.8) is 0 Å². The molecule has 0 saturated carbocycles. The van der Waals surface area contributed by atoms with E-state index in [1.165, 1.54) is 7.11 Å². The number of carbonyl (C=O) groups is 2. The van der Waals surface area contributed by atoms with Gasteiger partial charge in [-0.15, -0.1) is 0 Å². The standard InChI is InChI=1S/C23H19NO4/c1-28-23(27)20-9-7-17(8-10-20)5-6-18-11-13-24(14-12-18)16-19-3-2-4-21(15-19)22(25)26/h2-15H,16H2,1H3/p+1/b6-5-. The number of carboxylic acids is 1. The van der Waals surface area contributed by atoms with E-state index in [1.54, 1.807) is 30.3 Å². The number of aromatic nitrogens is 1. The summed E-state index contributed by atoms with van der Waals surface area (Å²) < 4.78 is 6.68. The Morgan fingerprint density at radius 2 is 1.57 bits per heavy atom. The lowest BCUT2D eigenvalue weighted by molar-refractivity contribution is -0.688. The number of esters is 1. The van der Waals surface area contributed by atoms with Crippen LogP contribution in [0.2, 0.25) is 0 Å². The van der Waals surface area contributed by atoms with E-state index < -0.39 is 5.97 Å². The summed E-state index contributed by atoms with van der Waals surface area (Å²) in [5.41, 5.74) is 3.75. The van der Waals surface area contributed by atoms with Gasteiger partial charge in [-0.2, -0.15) is 0 Å². The third kappa shape index (κ3) is 4.92. The highest BCUT2D eigenvalue weighted by atomic mass is 16.5. The lowest BCUT2D eigenvalue weighted by atomic mass is 10.1. The van der Waals surface area contributed by atoms with Gasteiger partial charge in [0.15, 0.2) is 18.9 Å². The van der Waals surface area contributed by atoms with Crippen LogP contribution in [0.15, 0.2) is 73.1 Å². The van der Waals surface area contributed by atoms with Gasteiger partial charge in [0.25, 0.3) is 0 Å². The molecule has 5 heteroatoms. The van der Waals surface area contributed by atoms with Crippen LogP contribution in [0, 0.1) is 0 Å². The van der Waals surface area contributed by atoms with Crippen LogP contribution >= 0.6 is 0 Å². The average molecular weight is 374 g/mol. The average Bonchev–Trinajstić information content (AvgIpc) is 2.73. The maximum Gasteiger partial charge on any atom is 0.337 e. The summed E-state index contributed by atoms with van der Waals surface area (Å²) in [6.45, 7) is 0.597. The first-order valence-corrected chi connectivity index (χ1v) is 8.73. The molecule has 0 aliphatic heterocycles. The van der Waals surface area contributed by atoms with E-state index in [2.05, 4.69) is 4.74 Å². The number of hydrogen-bond acceptors (Lipinski definition) is 3. The summed E-state index contributed by atoms with van der Waals surface area (Å²) in [7, 11) is 1.36. The maximum absolute atomic E-state index is 11.4. The molecular weight excluding hydrogens is 354 g/mol. The summed E-state index contributed by atoms with van der Waals surface area (Å²) in [5, 5.41) is 9.08.